The lowest BCUT2D eigenvalue weighted by Crippen LogP contribution is -2.01. The van der Waals surface area contributed by atoms with Crippen LogP contribution in [-0.4, -0.2) is 18.0 Å². The van der Waals surface area contributed by atoms with Gasteiger partial charge in [0.25, 0.3) is 0 Å². The third-order valence-corrected chi connectivity index (χ3v) is 4.76. The van der Waals surface area contributed by atoms with Crippen LogP contribution >= 0.6 is 23.1 Å². The molecule has 0 N–H and O–H groups in total. The lowest BCUT2D eigenvalue weighted by Gasteiger charge is -2.03. The van der Waals surface area contributed by atoms with E-state index in [9.17, 15) is 14.9 Å². The Hall–Kier alpha value is -1.86. The third-order valence-electron chi connectivity index (χ3n) is 2.52. The zero-order valence-corrected chi connectivity index (χ0v) is 12.2. The van der Waals surface area contributed by atoms with Gasteiger partial charge in [-0.15, -0.1) is 11.8 Å². The second-order valence-electron chi connectivity index (χ2n) is 3.81. The van der Waals surface area contributed by atoms with E-state index in [0.717, 1.165) is 16.9 Å². The minimum atomic E-state index is -0.551. The average Bonchev–Trinajstić information content (AvgIpc) is 2.89. The molecule has 2 rings (SSSR count). The molecule has 0 amide bonds. The Kier molecular flexibility index (Phi) is 4.75. The maximum Gasteiger partial charge on any atom is 0.340 e. The van der Waals surface area contributed by atoms with Crippen molar-refractivity contribution >= 4 is 34.1 Å². The molecule has 5 nitrogen and oxygen atoms in total. The van der Waals surface area contributed by atoms with Crippen LogP contribution in [0.4, 0.5) is 5.00 Å². The number of benzene rings is 1. The molecule has 0 atom stereocenters. The Balaban J connectivity index is 2.26. The van der Waals surface area contributed by atoms with E-state index in [4.69, 9.17) is 0 Å². The summed E-state index contributed by atoms with van der Waals surface area (Å²) in [7, 11) is 1.26. The zero-order valence-electron chi connectivity index (χ0n) is 10.6. The highest BCUT2D eigenvalue weighted by Gasteiger charge is 2.25. The van der Waals surface area contributed by atoms with Gasteiger partial charge < -0.3 is 4.74 Å². The van der Waals surface area contributed by atoms with Crippen molar-refractivity contribution in [2.24, 2.45) is 0 Å². The van der Waals surface area contributed by atoms with E-state index in [0.29, 0.717) is 10.6 Å². The topological polar surface area (TPSA) is 69.4 Å². The van der Waals surface area contributed by atoms with Crippen molar-refractivity contribution in [1.29, 1.82) is 0 Å². The number of rotatable bonds is 5. The van der Waals surface area contributed by atoms with Crippen LogP contribution in [0, 0.1) is 10.1 Å². The van der Waals surface area contributed by atoms with E-state index >= 15 is 0 Å². The molecule has 1 heterocycles. The summed E-state index contributed by atoms with van der Waals surface area (Å²) in [5.74, 6) is 0.00694. The molecule has 0 fully saturated rings. The van der Waals surface area contributed by atoms with Gasteiger partial charge in [-0.3, -0.25) is 10.1 Å². The summed E-state index contributed by atoms with van der Waals surface area (Å²) in [5.41, 5.74) is 1.29. The summed E-state index contributed by atoms with van der Waals surface area (Å²) < 4.78 is 4.65. The zero-order chi connectivity index (χ0) is 14.5. The van der Waals surface area contributed by atoms with Crippen LogP contribution in [0.5, 0.6) is 0 Å². The van der Waals surface area contributed by atoms with Crippen molar-refractivity contribution in [3.63, 3.8) is 0 Å². The second kappa shape index (κ2) is 6.53. The number of thioether (sulfide) groups is 1. The molecule has 1 aromatic heterocycles. The molecule has 7 heteroatoms. The van der Waals surface area contributed by atoms with Gasteiger partial charge in [0.05, 0.1) is 17.6 Å². The smallest absolute Gasteiger partial charge is 0.340 e. The molecule has 0 spiro atoms. The van der Waals surface area contributed by atoms with Crippen LogP contribution in [0.2, 0.25) is 0 Å². The van der Waals surface area contributed by atoms with Gasteiger partial charge in [-0.1, -0.05) is 41.7 Å². The monoisotopic (exact) mass is 309 g/mol. The minimum absolute atomic E-state index is 0.0219. The first kappa shape index (κ1) is 14.5. The SMILES string of the molecule is COC(=O)c1csc([N+](=O)[O-])c1SCc1ccccc1. The van der Waals surface area contributed by atoms with Crippen LogP contribution in [0.15, 0.2) is 40.6 Å². The van der Waals surface area contributed by atoms with E-state index in [1.807, 2.05) is 30.3 Å². The predicted molar refractivity (Wildman–Crippen MR) is 78.3 cm³/mol. The molecule has 0 unspecified atom stereocenters. The molecule has 0 saturated heterocycles. The van der Waals surface area contributed by atoms with Crippen LogP contribution in [0.1, 0.15) is 15.9 Å². The molecule has 2 aromatic rings. The Bertz CT molecular complexity index is 625. The van der Waals surface area contributed by atoms with Gasteiger partial charge in [-0.25, -0.2) is 4.79 Å². The van der Waals surface area contributed by atoms with Crippen LogP contribution < -0.4 is 0 Å². The normalized spacial score (nSPS) is 10.2. The quantitative estimate of drug-likeness (QED) is 0.364. The predicted octanol–water partition coefficient (Wildman–Crippen LogP) is 3.74. The molecule has 20 heavy (non-hydrogen) atoms. The lowest BCUT2D eigenvalue weighted by molar-refractivity contribution is -0.382. The summed E-state index contributed by atoms with van der Waals surface area (Å²) in [6.07, 6.45) is 0. The van der Waals surface area contributed by atoms with Crippen molar-refractivity contribution in [2.75, 3.05) is 7.11 Å². The van der Waals surface area contributed by atoms with Crippen molar-refractivity contribution in [2.45, 2.75) is 10.6 Å². The van der Waals surface area contributed by atoms with Crippen LogP contribution in [0.3, 0.4) is 0 Å². The molecule has 0 aliphatic carbocycles. The maximum atomic E-state index is 11.6. The van der Waals surface area contributed by atoms with E-state index in [1.165, 1.54) is 24.3 Å². The minimum Gasteiger partial charge on any atom is -0.465 e. The number of hydrogen-bond acceptors (Lipinski definition) is 6. The number of thiophene rings is 1. The van der Waals surface area contributed by atoms with E-state index < -0.39 is 10.9 Å². The number of nitrogens with zero attached hydrogens (tertiary/aromatic N) is 1. The molecule has 0 radical (unpaired) electrons. The van der Waals surface area contributed by atoms with Gasteiger partial charge in [0, 0.05) is 11.1 Å². The molecule has 0 bridgehead atoms. The van der Waals surface area contributed by atoms with Crippen molar-refractivity contribution in [1.82, 2.24) is 0 Å². The molecular weight excluding hydrogens is 298 g/mol. The summed E-state index contributed by atoms with van der Waals surface area (Å²) >= 11 is 2.22. The second-order valence-corrected chi connectivity index (χ2v) is 5.65. The molecule has 0 saturated carbocycles. The fraction of sp³-hybridized carbons (Fsp3) is 0.154. The summed E-state index contributed by atoms with van der Waals surface area (Å²) in [4.78, 5) is 22.5. The van der Waals surface area contributed by atoms with Gasteiger partial charge in [-0.05, 0) is 5.56 Å². The summed E-state index contributed by atoms with van der Waals surface area (Å²) in [6.45, 7) is 0. The van der Waals surface area contributed by atoms with E-state index in [-0.39, 0.29) is 10.6 Å². The highest BCUT2D eigenvalue weighted by molar-refractivity contribution is 7.99. The van der Waals surface area contributed by atoms with Gasteiger partial charge in [0.2, 0.25) is 0 Å². The first-order chi connectivity index (χ1) is 9.63. The summed E-state index contributed by atoms with van der Waals surface area (Å²) in [5, 5.41) is 12.5. The standard InChI is InChI=1S/C13H11NO4S2/c1-18-13(15)10-8-20-12(14(16)17)11(10)19-7-9-5-3-2-4-6-9/h2-6,8H,7H2,1H3. The number of esters is 1. The largest absolute Gasteiger partial charge is 0.465 e. The molecule has 1 aromatic carbocycles. The first-order valence-corrected chi connectivity index (χ1v) is 7.51. The number of nitro groups is 1. The van der Waals surface area contributed by atoms with Crippen LogP contribution in [-0.2, 0) is 10.5 Å². The van der Waals surface area contributed by atoms with E-state index in [1.54, 1.807) is 0 Å². The maximum absolute atomic E-state index is 11.6. The van der Waals surface area contributed by atoms with E-state index in [2.05, 4.69) is 4.74 Å². The van der Waals surface area contributed by atoms with Gasteiger partial charge in [-0.2, -0.15) is 0 Å². The van der Waals surface area contributed by atoms with Gasteiger partial charge in [0.1, 0.15) is 4.90 Å². The highest BCUT2D eigenvalue weighted by Crippen LogP contribution is 2.40. The Morgan fingerprint density at radius 1 is 1.40 bits per heavy atom. The fourth-order valence-electron chi connectivity index (χ4n) is 1.58. The fourth-order valence-corrected chi connectivity index (χ4v) is 3.72. The summed E-state index contributed by atoms with van der Waals surface area (Å²) in [6, 6.07) is 9.57. The lowest BCUT2D eigenvalue weighted by atomic mass is 10.2. The number of carbonyl (C=O) groups is 1. The highest BCUT2D eigenvalue weighted by atomic mass is 32.2. The number of hydrogen-bond donors (Lipinski definition) is 0. The van der Waals surface area contributed by atoms with Crippen molar-refractivity contribution in [3.8, 4) is 0 Å². The molecule has 0 aliphatic rings. The van der Waals surface area contributed by atoms with Crippen molar-refractivity contribution < 1.29 is 14.5 Å². The number of carbonyl (C=O) groups excluding carboxylic acids is 1. The molecule has 104 valence electrons. The van der Waals surface area contributed by atoms with Gasteiger partial charge >= 0.3 is 11.0 Å². The first-order valence-electron chi connectivity index (χ1n) is 5.64. The van der Waals surface area contributed by atoms with Crippen molar-refractivity contribution in [3.05, 3.63) is 57.0 Å². The Morgan fingerprint density at radius 3 is 2.70 bits per heavy atom. The Labute approximate surface area is 123 Å². The Morgan fingerprint density at radius 2 is 2.10 bits per heavy atom. The number of methoxy groups -OCH3 is 1. The van der Waals surface area contributed by atoms with Crippen LogP contribution in [0.25, 0.3) is 0 Å². The average molecular weight is 309 g/mol. The molecule has 0 aliphatic heterocycles. The molecular formula is C13H11NO4S2. The number of ether oxygens (including phenoxy) is 1. The third kappa shape index (κ3) is 3.17. The van der Waals surface area contributed by atoms with Gasteiger partial charge in [0.15, 0.2) is 0 Å².